The average molecular weight is 331 g/mol. The molecule has 0 atom stereocenters. The standard InChI is InChI=1S/C18H21NO3S/c1-5-10-19-12(2)16(18(21)22-3)15(17(19)20)11-13-6-8-14(23-4)9-7-13/h6-9,11H,5,10H2,1-4H3/b15-11-. The van der Waals surface area contributed by atoms with Gasteiger partial charge in [0.05, 0.1) is 18.3 Å². The molecule has 0 unspecified atom stereocenters. The Hall–Kier alpha value is -2.01. The van der Waals surface area contributed by atoms with Gasteiger partial charge in [0.1, 0.15) is 0 Å². The summed E-state index contributed by atoms with van der Waals surface area (Å²) in [6, 6.07) is 7.88. The monoisotopic (exact) mass is 331 g/mol. The SMILES string of the molecule is CCCN1C(=O)/C(=C\c2ccc(SC)cc2)C(C(=O)OC)=C1C. The summed E-state index contributed by atoms with van der Waals surface area (Å²) in [5.74, 6) is -0.611. The van der Waals surface area contributed by atoms with E-state index in [0.717, 1.165) is 16.9 Å². The van der Waals surface area contributed by atoms with Gasteiger partial charge in [0.15, 0.2) is 0 Å². The first kappa shape index (κ1) is 17.3. The molecular formula is C18H21NO3S. The van der Waals surface area contributed by atoms with E-state index in [1.165, 1.54) is 7.11 Å². The summed E-state index contributed by atoms with van der Waals surface area (Å²) in [5, 5.41) is 0. The zero-order valence-corrected chi connectivity index (χ0v) is 14.7. The lowest BCUT2D eigenvalue weighted by Gasteiger charge is -2.16. The van der Waals surface area contributed by atoms with Crippen molar-refractivity contribution in [3.63, 3.8) is 0 Å². The van der Waals surface area contributed by atoms with E-state index >= 15 is 0 Å². The van der Waals surface area contributed by atoms with Crippen LogP contribution in [0.4, 0.5) is 0 Å². The minimum absolute atomic E-state index is 0.140. The summed E-state index contributed by atoms with van der Waals surface area (Å²) in [7, 11) is 1.33. The predicted molar refractivity (Wildman–Crippen MR) is 92.9 cm³/mol. The number of carbonyl (C=O) groups excluding carboxylic acids is 2. The summed E-state index contributed by atoms with van der Waals surface area (Å²) in [4.78, 5) is 27.6. The maximum atomic E-state index is 12.7. The number of rotatable bonds is 5. The van der Waals surface area contributed by atoms with Gasteiger partial charge >= 0.3 is 5.97 Å². The molecule has 0 saturated heterocycles. The highest BCUT2D eigenvalue weighted by Gasteiger charge is 2.36. The van der Waals surface area contributed by atoms with E-state index < -0.39 is 5.97 Å². The molecule has 1 aliphatic rings. The second-order valence-corrected chi connectivity index (χ2v) is 6.12. The summed E-state index contributed by atoms with van der Waals surface area (Å²) in [6.45, 7) is 4.38. The number of amides is 1. The second-order valence-electron chi connectivity index (χ2n) is 5.24. The van der Waals surface area contributed by atoms with Crippen LogP contribution in [0.15, 0.2) is 46.0 Å². The van der Waals surface area contributed by atoms with Gasteiger partial charge in [-0.15, -0.1) is 11.8 Å². The van der Waals surface area contributed by atoms with Gasteiger partial charge in [-0.25, -0.2) is 4.79 Å². The smallest absolute Gasteiger partial charge is 0.340 e. The van der Waals surface area contributed by atoms with Crippen molar-refractivity contribution in [1.29, 1.82) is 0 Å². The molecule has 122 valence electrons. The third kappa shape index (κ3) is 3.50. The van der Waals surface area contributed by atoms with Gasteiger partial charge in [0.2, 0.25) is 0 Å². The molecule has 1 amide bonds. The second kappa shape index (κ2) is 7.51. The fourth-order valence-electron chi connectivity index (χ4n) is 2.59. The van der Waals surface area contributed by atoms with Crippen molar-refractivity contribution in [1.82, 2.24) is 4.90 Å². The molecule has 5 heteroatoms. The van der Waals surface area contributed by atoms with E-state index in [1.54, 1.807) is 29.7 Å². The maximum absolute atomic E-state index is 12.7. The number of hydrogen-bond donors (Lipinski definition) is 0. The molecular weight excluding hydrogens is 310 g/mol. The number of ether oxygens (including phenoxy) is 1. The minimum atomic E-state index is -0.471. The average Bonchev–Trinajstić information content (AvgIpc) is 2.80. The van der Waals surface area contributed by atoms with Crippen molar-refractivity contribution in [2.24, 2.45) is 0 Å². The van der Waals surface area contributed by atoms with Crippen LogP contribution in [-0.2, 0) is 14.3 Å². The lowest BCUT2D eigenvalue weighted by atomic mass is 10.0. The molecule has 0 N–H and O–H groups in total. The number of thioether (sulfide) groups is 1. The summed E-state index contributed by atoms with van der Waals surface area (Å²) < 4.78 is 4.86. The fraction of sp³-hybridized carbons (Fsp3) is 0.333. The summed E-state index contributed by atoms with van der Waals surface area (Å²) >= 11 is 1.66. The van der Waals surface area contributed by atoms with Gasteiger partial charge in [-0.05, 0) is 43.4 Å². The predicted octanol–water partition coefficient (Wildman–Crippen LogP) is 3.49. The van der Waals surface area contributed by atoms with E-state index in [-0.39, 0.29) is 5.91 Å². The maximum Gasteiger partial charge on any atom is 0.340 e. The van der Waals surface area contributed by atoms with Crippen molar-refractivity contribution in [2.75, 3.05) is 19.9 Å². The van der Waals surface area contributed by atoms with Gasteiger partial charge in [0.25, 0.3) is 5.91 Å². The zero-order chi connectivity index (χ0) is 17.0. The van der Waals surface area contributed by atoms with Gasteiger partial charge in [0, 0.05) is 17.1 Å². The molecule has 23 heavy (non-hydrogen) atoms. The first-order valence-electron chi connectivity index (χ1n) is 7.50. The lowest BCUT2D eigenvalue weighted by molar-refractivity contribution is -0.136. The molecule has 0 radical (unpaired) electrons. The Kier molecular flexibility index (Phi) is 5.66. The molecule has 0 fully saturated rings. The van der Waals surface area contributed by atoms with E-state index in [1.807, 2.05) is 37.4 Å². The van der Waals surface area contributed by atoms with E-state index in [9.17, 15) is 9.59 Å². The Morgan fingerprint density at radius 2 is 1.96 bits per heavy atom. The van der Waals surface area contributed by atoms with Crippen LogP contribution < -0.4 is 0 Å². The van der Waals surface area contributed by atoms with Gasteiger partial charge in [-0.1, -0.05) is 19.1 Å². The molecule has 0 aliphatic carbocycles. The Morgan fingerprint density at radius 1 is 1.30 bits per heavy atom. The van der Waals surface area contributed by atoms with Crippen molar-refractivity contribution >= 4 is 29.7 Å². The highest BCUT2D eigenvalue weighted by Crippen LogP contribution is 2.31. The molecule has 2 rings (SSSR count). The van der Waals surface area contributed by atoms with Gasteiger partial charge in [-0.2, -0.15) is 0 Å². The normalized spacial score (nSPS) is 16.4. The van der Waals surface area contributed by atoms with Crippen molar-refractivity contribution < 1.29 is 14.3 Å². The minimum Gasteiger partial charge on any atom is -0.465 e. The number of benzene rings is 1. The van der Waals surface area contributed by atoms with Crippen LogP contribution in [0.3, 0.4) is 0 Å². The van der Waals surface area contributed by atoms with Crippen molar-refractivity contribution in [3.8, 4) is 0 Å². The quantitative estimate of drug-likeness (QED) is 0.471. The number of allylic oxidation sites excluding steroid dienone is 1. The number of methoxy groups -OCH3 is 1. The number of nitrogens with zero attached hydrogens (tertiary/aromatic N) is 1. The van der Waals surface area contributed by atoms with Crippen LogP contribution in [-0.4, -0.2) is 36.7 Å². The Bertz CT molecular complexity index is 674. The van der Waals surface area contributed by atoms with Gasteiger partial charge < -0.3 is 9.64 Å². The van der Waals surface area contributed by atoms with E-state index in [0.29, 0.717) is 23.4 Å². The number of esters is 1. The topological polar surface area (TPSA) is 46.6 Å². The first-order chi connectivity index (χ1) is 11.0. The molecule has 0 bridgehead atoms. The molecule has 0 saturated carbocycles. The van der Waals surface area contributed by atoms with Crippen LogP contribution in [0.25, 0.3) is 6.08 Å². The van der Waals surface area contributed by atoms with Crippen LogP contribution in [0.1, 0.15) is 25.8 Å². The number of hydrogen-bond acceptors (Lipinski definition) is 4. The fourth-order valence-corrected chi connectivity index (χ4v) is 3.00. The first-order valence-corrected chi connectivity index (χ1v) is 8.73. The third-order valence-corrected chi connectivity index (χ3v) is 4.52. The Morgan fingerprint density at radius 3 is 2.48 bits per heavy atom. The largest absolute Gasteiger partial charge is 0.465 e. The Labute approximate surface area is 141 Å². The van der Waals surface area contributed by atoms with Crippen LogP contribution in [0, 0.1) is 0 Å². The van der Waals surface area contributed by atoms with E-state index in [2.05, 4.69) is 0 Å². The van der Waals surface area contributed by atoms with Crippen LogP contribution in [0.2, 0.25) is 0 Å². The summed E-state index contributed by atoms with van der Waals surface area (Å²) in [6.07, 6.45) is 4.60. The molecule has 1 aliphatic heterocycles. The molecule has 0 aromatic heterocycles. The third-order valence-electron chi connectivity index (χ3n) is 3.78. The van der Waals surface area contributed by atoms with E-state index in [4.69, 9.17) is 4.74 Å². The molecule has 0 spiro atoms. The van der Waals surface area contributed by atoms with Gasteiger partial charge in [-0.3, -0.25) is 4.79 Å². The zero-order valence-electron chi connectivity index (χ0n) is 13.9. The molecule has 4 nitrogen and oxygen atoms in total. The molecule has 1 heterocycles. The highest BCUT2D eigenvalue weighted by molar-refractivity contribution is 7.98. The van der Waals surface area contributed by atoms with Crippen LogP contribution in [0.5, 0.6) is 0 Å². The lowest BCUT2D eigenvalue weighted by Crippen LogP contribution is -2.25. The van der Waals surface area contributed by atoms with Crippen molar-refractivity contribution in [2.45, 2.75) is 25.2 Å². The molecule has 1 aromatic carbocycles. The summed E-state index contributed by atoms with van der Waals surface area (Å²) in [5.41, 5.74) is 2.31. The molecule has 1 aromatic rings. The van der Waals surface area contributed by atoms with Crippen LogP contribution >= 0.6 is 11.8 Å². The Balaban J connectivity index is 2.46. The number of carbonyl (C=O) groups is 2. The van der Waals surface area contributed by atoms with Crippen molar-refractivity contribution in [3.05, 3.63) is 46.7 Å². The highest BCUT2D eigenvalue weighted by atomic mass is 32.2.